The molecule has 0 saturated carbocycles. The minimum Gasteiger partial charge on any atom is -0.377 e. The Bertz CT molecular complexity index is 720. The van der Waals surface area contributed by atoms with Gasteiger partial charge in [-0.3, -0.25) is 5.10 Å². The number of para-hydroxylation sites is 1. The molecule has 2 aromatic carbocycles. The molecular weight excluding hydrogens is 253 g/mol. The number of benzene rings is 2. The number of fused-ring (bicyclic) bond motifs is 1. The lowest BCUT2D eigenvalue weighted by molar-refractivity contribution is 0.621. The number of hydrogen-bond donors (Lipinski definition) is 2. The quantitative estimate of drug-likeness (QED) is 0.742. The van der Waals surface area contributed by atoms with Crippen LogP contribution in [0.3, 0.4) is 0 Å². The maximum atomic E-state index is 13.4. The molecule has 0 amide bonds. The van der Waals surface area contributed by atoms with Crippen molar-refractivity contribution < 1.29 is 4.39 Å². The van der Waals surface area contributed by atoms with Crippen LogP contribution in [-0.4, -0.2) is 10.2 Å². The number of aromatic nitrogens is 2. The second-order valence-electron chi connectivity index (χ2n) is 4.80. The number of nitrogens with one attached hydrogen (secondary N) is 2. The molecule has 1 aromatic heterocycles. The molecule has 3 aromatic rings. The van der Waals surface area contributed by atoms with Gasteiger partial charge in [-0.1, -0.05) is 31.2 Å². The lowest BCUT2D eigenvalue weighted by Crippen LogP contribution is -2.10. The van der Waals surface area contributed by atoms with Gasteiger partial charge in [0.1, 0.15) is 5.82 Å². The molecule has 3 rings (SSSR count). The number of aromatic amines is 1. The predicted octanol–water partition coefficient (Wildman–Crippen LogP) is 4.27. The minimum absolute atomic E-state index is 0.0691. The van der Waals surface area contributed by atoms with Crippen molar-refractivity contribution in [2.45, 2.75) is 19.4 Å². The molecule has 1 unspecified atom stereocenters. The highest BCUT2D eigenvalue weighted by Gasteiger charge is 2.12. The second-order valence-corrected chi connectivity index (χ2v) is 4.80. The van der Waals surface area contributed by atoms with Gasteiger partial charge in [0.15, 0.2) is 0 Å². The van der Waals surface area contributed by atoms with Crippen molar-refractivity contribution in [3.05, 3.63) is 60.0 Å². The largest absolute Gasteiger partial charge is 0.377 e. The molecule has 0 fully saturated rings. The molecule has 4 heteroatoms. The van der Waals surface area contributed by atoms with E-state index < -0.39 is 0 Å². The molecule has 20 heavy (non-hydrogen) atoms. The third-order valence-corrected chi connectivity index (χ3v) is 3.47. The Morgan fingerprint density at radius 2 is 2.10 bits per heavy atom. The van der Waals surface area contributed by atoms with Gasteiger partial charge in [-0.15, -0.1) is 0 Å². The monoisotopic (exact) mass is 269 g/mol. The standard InChI is InChI=1S/C16H16FN3/c1-2-14(11-5-3-7-13(17)9-11)19-15-8-4-6-12-10-18-20-16(12)15/h3-10,14,19H,2H2,1H3,(H,18,20). The van der Waals surface area contributed by atoms with Crippen LogP contribution >= 0.6 is 0 Å². The van der Waals surface area contributed by atoms with Gasteiger partial charge in [0.05, 0.1) is 23.4 Å². The Balaban J connectivity index is 1.93. The van der Waals surface area contributed by atoms with Crippen LogP contribution in [0.4, 0.5) is 10.1 Å². The van der Waals surface area contributed by atoms with Gasteiger partial charge in [0, 0.05) is 5.39 Å². The first kappa shape index (κ1) is 12.7. The molecule has 2 N–H and O–H groups in total. The molecule has 0 bridgehead atoms. The van der Waals surface area contributed by atoms with E-state index in [1.54, 1.807) is 18.3 Å². The van der Waals surface area contributed by atoms with Gasteiger partial charge in [0.25, 0.3) is 0 Å². The zero-order valence-corrected chi connectivity index (χ0v) is 11.2. The van der Waals surface area contributed by atoms with Crippen LogP contribution in [-0.2, 0) is 0 Å². The first-order valence-electron chi connectivity index (χ1n) is 6.72. The summed E-state index contributed by atoms with van der Waals surface area (Å²) in [6.45, 7) is 2.08. The molecule has 1 atom stereocenters. The number of anilines is 1. The van der Waals surface area contributed by atoms with E-state index in [0.717, 1.165) is 28.6 Å². The number of halogens is 1. The Morgan fingerprint density at radius 1 is 1.25 bits per heavy atom. The summed E-state index contributed by atoms with van der Waals surface area (Å²) in [6.07, 6.45) is 2.66. The van der Waals surface area contributed by atoms with Crippen molar-refractivity contribution in [3.8, 4) is 0 Å². The fourth-order valence-corrected chi connectivity index (χ4v) is 2.42. The molecule has 0 aliphatic carbocycles. The lowest BCUT2D eigenvalue weighted by Gasteiger charge is -2.19. The summed E-state index contributed by atoms with van der Waals surface area (Å²) in [5.74, 6) is -0.206. The number of H-pyrrole nitrogens is 1. The van der Waals surface area contributed by atoms with Crippen molar-refractivity contribution in [2.75, 3.05) is 5.32 Å². The predicted molar refractivity (Wildman–Crippen MR) is 79.1 cm³/mol. The summed E-state index contributed by atoms with van der Waals surface area (Å²) in [4.78, 5) is 0. The molecule has 3 nitrogen and oxygen atoms in total. The van der Waals surface area contributed by atoms with Gasteiger partial charge in [0.2, 0.25) is 0 Å². The third-order valence-electron chi connectivity index (χ3n) is 3.47. The maximum absolute atomic E-state index is 13.4. The van der Waals surface area contributed by atoms with Crippen molar-refractivity contribution in [2.24, 2.45) is 0 Å². The van der Waals surface area contributed by atoms with E-state index in [4.69, 9.17) is 0 Å². The Kier molecular flexibility index (Phi) is 3.37. The smallest absolute Gasteiger partial charge is 0.123 e. The summed E-state index contributed by atoms with van der Waals surface area (Å²) in [6, 6.07) is 12.8. The number of hydrogen-bond acceptors (Lipinski definition) is 2. The Labute approximate surface area is 116 Å². The van der Waals surface area contributed by atoms with Crippen LogP contribution in [0.5, 0.6) is 0 Å². The highest BCUT2D eigenvalue weighted by atomic mass is 19.1. The van der Waals surface area contributed by atoms with E-state index in [0.29, 0.717) is 0 Å². The topological polar surface area (TPSA) is 40.7 Å². The number of nitrogens with zero attached hydrogens (tertiary/aromatic N) is 1. The zero-order valence-electron chi connectivity index (χ0n) is 11.2. The van der Waals surface area contributed by atoms with Gasteiger partial charge in [-0.25, -0.2) is 4.39 Å². The van der Waals surface area contributed by atoms with Crippen molar-refractivity contribution in [3.63, 3.8) is 0 Å². The van der Waals surface area contributed by atoms with E-state index in [1.165, 1.54) is 6.07 Å². The van der Waals surface area contributed by atoms with E-state index in [1.807, 2.05) is 24.3 Å². The van der Waals surface area contributed by atoms with E-state index in [9.17, 15) is 4.39 Å². The Hall–Kier alpha value is -2.36. The molecule has 102 valence electrons. The van der Waals surface area contributed by atoms with Crippen LogP contribution in [0.2, 0.25) is 0 Å². The van der Waals surface area contributed by atoms with Gasteiger partial charge in [-0.05, 0) is 30.2 Å². The zero-order chi connectivity index (χ0) is 13.9. The maximum Gasteiger partial charge on any atom is 0.123 e. The molecule has 0 radical (unpaired) electrons. The van der Waals surface area contributed by atoms with Crippen LogP contribution in [0.15, 0.2) is 48.7 Å². The molecule has 0 aliphatic heterocycles. The first-order valence-corrected chi connectivity index (χ1v) is 6.72. The van der Waals surface area contributed by atoms with E-state index in [2.05, 4.69) is 22.4 Å². The second kappa shape index (κ2) is 5.33. The summed E-state index contributed by atoms with van der Waals surface area (Å²) in [5, 5.41) is 11.6. The fraction of sp³-hybridized carbons (Fsp3) is 0.188. The van der Waals surface area contributed by atoms with Crippen molar-refractivity contribution >= 4 is 16.6 Å². The van der Waals surface area contributed by atoms with Gasteiger partial charge < -0.3 is 5.32 Å². The van der Waals surface area contributed by atoms with Crippen LogP contribution in [0.1, 0.15) is 24.9 Å². The number of rotatable bonds is 4. The summed E-state index contributed by atoms with van der Waals surface area (Å²) >= 11 is 0. The SMILES string of the molecule is CCC(Nc1cccc2cn[nH]c12)c1cccc(F)c1. The Morgan fingerprint density at radius 3 is 2.90 bits per heavy atom. The van der Waals surface area contributed by atoms with Gasteiger partial charge in [-0.2, -0.15) is 5.10 Å². The van der Waals surface area contributed by atoms with Crippen molar-refractivity contribution in [1.82, 2.24) is 10.2 Å². The molecular formula is C16H16FN3. The molecule has 0 spiro atoms. The van der Waals surface area contributed by atoms with E-state index >= 15 is 0 Å². The van der Waals surface area contributed by atoms with Crippen molar-refractivity contribution in [1.29, 1.82) is 0 Å². The lowest BCUT2D eigenvalue weighted by atomic mass is 10.0. The average molecular weight is 269 g/mol. The normalized spacial score (nSPS) is 12.5. The summed E-state index contributed by atoms with van der Waals surface area (Å²) in [7, 11) is 0. The molecule has 0 aliphatic rings. The highest BCUT2D eigenvalue weighted by molar-refractivity contribution is 5.90. The third kappa shape index (κ3) is 2.37. The molecule has 1 heterocycles. The first-order chi connectivity index (χ1) is 9.78. The van der Waals surface area contributed by atoms with E-state index in [-0.39, 0.29) is 11.9 Å². The summed E-state index contributed by atoms with van der Waals surface area (Å²) in [5.41, 5.74) is 2.91. The highest BCUT2D eigenvalue weighted by Crippen LogP contribution is 2.27. The average Bonchev–Trinajstić information content (AvgIpc) is 2.94. The minimum atomic E-state index is -0.206. The van der Waals surface area contributed by atoms with Crippen LogP contribution in [0.25, 0.3) is 10.9 Å². The summed E-state index contributed by atoms with van der Waals surface area (Å²) < 4.78 is 13.4. The fourth-order valence-electron chi connectivity index (χ4n) is 2.42. The van der Waals surface area contributed by atoms with Gasteiger partial charge >= 0.3 is 0 Å². The molecule has 0 saturated heterocycles. The van der Waals surface area contributed by atoms with Crippen LogP contribution < -0.4 is 5.32 Å². The van der Waals surface area contributed by atoms with Crippen LogP contribution in [0, 0.1) is 5.82 Å².